The van der Waals surface area contributed by atoms with Gasteiger partial charge in [-0.25, -0.2) is 17.9 Å². The van der Waals surface area contributed by atoms with Crippen LogP contribution in [0.3, 0.4) is 0 Å². The second-order valence-corrected chi connectivity index (χ2v) is 11.3. The van der Waals surface area contributed by atoms with E-state index < -0.39 is 16.1 Å². The number of hydrogen-bond acceptors (Lipinski definition) is 6. The Labute approximate surface area is 232 Å². The van der Waals surface area contributed by atoms with Crippen molar-refractivity contribution in [1.82, 2.24) is 4.98 Å². The summed E-state index contributed by atoms with van der Waals surface area (Å²) in [6, 6.07) is 21.0. The van der Waals surface area contributed by atoms with E-state index in [1.165, 1.54) is 18.2 Å². The number of para-hydroxylation sites is 1. The number of sulfonamides is 1. The van der Waals surface area contributed by atoms with Gasteiger partial charge in [0, 0.05) is 22.5 Å². The topological polar surface area (TPSA) is 123 Å². The third kappa shape index (κ3) is 6.04. The van der Waals surface area contributed by atoms with Crippen molar-refractivity contribution in [3.05, 3.63) is 95.4 Å². The quantitative estimate of drug-likeness (QED) is 0.270. The molecular weight excluding hydrogens is 531 g/mol. The van der Waals surface area contributed by atoms with Gasteiger partial charge in [0.05, 0.1) is 24.2 Å². The molecule has 206 valence electrons. The van der Waals surface area contributed by atoms with Gasteiger partial charge >= 0.3 is 0 Å². The Morgan fingerprint density at radius 3 is 2.58 bits per heavy atom. The Kier molecular flexibility index (Phi) is 7.66. The van der Waals surface area contributed by atoms with Gasteiger partial charge in [-0.3, -0.25) is 9.78 Å². The van der Waals surface area contributed by atoms with Gasteiger partial charge in [-0.1, -0.05) is 30.3 Å². The van der Waals surface area contributed by atoms with Crippen LogP contribution in [0.4, 0.5) is 21.5 Å². The highest BCUT2D eigenvalue weighted by Crippen LogP contribution is 2.34. The molecule has 1 aliphatic heterocycles. The predicted octanol–water partition coefficient (Wildman–Crippen LogP) is 5.60. The highest BCUT2D eigenvalue weighted by molar-refractivity contribution is 7.89. The molecule has 40 heavy (non-hydrogen) atoms. The number of aryl methyl sites for hydroxylation is 1. The van der Waals surface area contributed by atoms with E-state index in [-0.39, 0.29) is 28.7 Å². The number of nitrogens with two attached hydrogens (primary N) is 1. The van der Waals surface area contributed by atoms with E-state index in [0.717, 1.165) is 39.1 Å². The van der Waals surface area contributed by atoms with Gasteiger partial charge in [-0.05, 0) is 79.4 Å². The monoisotopic (exact) mass is 560 g/mol. The molecule has 1 atom stereocenters. The molecule has 1 amide bonds. The maximum absolute atomic E-state index is 14.8. The Morgan fingerprint density at radius 2 is 1.82 bits per heavy atom. The second-order valence-electron chi connectivity index (χ2n) is 9.72. The fourth-order valence-corrected chi connectivity index (χ4v) is 5.46. The molecule has 10 heteroatoms. The molecule has 8 nitrogen and oxygen atoms in total. The molecular formula is C30H29FN4O4S. The molecule has 0 aliphatic carbocycles. The summed E-state index contributed by atoms with van der Waals surface area (Å²) < 4.78 is 43.8. The first-order chi connectivity index (χ1) is 19.1. The summed E-state index contributed by atoms with van der Waals surface area (Å²) in [6.07, 6.45) is -0.00744. The standard InChI is InChI=1S/C30H29FN4O4S/c1-18-15-27(24-17-21(9-12-25(24)33-18)23-13-14-39-19(2)30(23)31)34-22-10-7-20(8-11-22)16-29(36)35-26-5-3-4-6-28(26)40(32,37)38/h3-12,15,17,19H,13-14,16H2,1-2H3,(H,33,34)(H,35,36)(H2,32,37,38)/t19-/m0/s1. The summed E-state index contributed by atoms with van der Waals surface area (Å²) in [5.41, 5.74) is 5.59. The van der Waals surface area contributed by atoms with E-state index in [1.54, 1.807) is 13.0 Å². The highest BCUT2D eigenvalue weighted by Gasteiger charge is 2.22. The molecule has 2 heterocycles. The molecule has 4 N–H and O–H groups in total. The SMILES string of the molecule is Cc1cc(Nc2ccc(CC(=O)Nc3ccccc3S(N)(=O)=O)cc2)c2cc(C3=C(F)[C@H](C)OCC3)ccc2n1. The second kappa shape index (κ2) is 11.2. The number of carbonyl (C=O) groups excluding carboxylic acids is 1. The van der Waals surface area contributed by atoms with Gasteiger partial charge in [0.15, 0.2) is 0 Å². The molecule has 5 rings (SSSR count). The van der Waals surface area contributed by atoms with Crippen LogP contribution in [-0.2, 0) is 26.0 Å². The minimum Gasteiger partial charge on any atom is -0.371 e. The molecule has 1 aromatic heterocycles. The number of fused-ring (bicyclic) bond motifs is 1. The van der Waals surface area contributed by atoms with Gasteiger partial charge in [0.2, 0.25) is 15.9 Å². The third-order valence-corrected chi connectivity index (χ3v) is 7.68. The van der Waals surface area contributed by atoms with Crippen LogP contribution in [0.1, 0.15) is 30.2 Å². The fourth-order valence-electron chi connectivity index (χ4n) is 4.77. The van der Waals surface area contributed by atoms with Crippen molar-refractivity contribution >= 4 is 49.5 Å². The molecule has 0 unspecified atom stereocenters. The lowest BCUT2D eigenvalue weighted by atomic mass is 9.96. The number of amides is 1. The van der Waals surface area contributed by atoms with E-state index >= 15 is 0 Å². The Balaban J connectivity index is 1.35. The fraction of sp³-hybridized carbons (Fsp3) is 0.200. The molecule has 1 aliphatic rings. The number of halogens is 1. The zero-order chi connectivity index (χ0) is 28.4. The first-order valence-corrected chi connectivity index (χ1v) is 14.3. The van der Waals surface area contributed by atoms with E-state index in [9.17, 15) is 17.6 Å². The van der Waals surface area contributed by atoms with Crippen LogP contribution in [0.5, 0.6) is 0 Å². The minimum atomic E-state index is -3.97. The zero-order valence-electron chi connectivity index (χ0n) is 22.1. The number of benzene rings is 3. The number of nitrogens with zero attached hydrogens (tertiary/aromatic N) is 1. The number of rotatable bonds is 7. The summed E-state index contributed by atoms with van der Waals surface area (Å²) in [7, 11) is -3.97. The van der Waals surface area contributed by atoms with Crippen molar-refractivity contribution in [3.63, 3.8) is 0 Å². The molecule has 0 spiro atoms. The van der Waals surface area contributed by atoms with Crippen molar-refractivity contribution < 1.29 is 22.3 Å². The lowest BCUT2D eigenvalue weighted by molar-refractivity contribution is -0.115. The summed E-state index contributed by atoms with van der Waals surface area (Å²) in [5.74, 6) is -0.614. The van der Waals surface area contributed by atoms with Crippen LogP contribution in [0.2, 0.25) is 0 Å². The molecule has 0 saturated carbocycles. The maximum Gasteiger partial charge on any atom is 0.240 e. The largest absolute Gasteiger partial charge is 0.371 e. The number of nitrogens with one attached hydrogen (secondary N) is 2. The normalized spacial score (nSPS) is 15.8. The molecule has 0 fully saturated rings. The van der Waals surface area contributed by atoms with E-state index in [1.807, 2.05) is 55.5 Å². The van der Waals surface area contributed by atoms with E-state index in [0.29, 0.717) is 18.6 Å². The van der Waals surface area contributed by atoms with Crippen molar-refractivity contribution in [1.29, 1.82) is 0 Å². The lowest BCUT2D eigenvalue weighted by Crippen LogP contribution is -2.19. The maximum atomic E-state index is 14.8. The highest BCUT2D eigenvalue weighted by atomic mass is 32.2. The zero-order valence-corrected chi connectivity index (χ0v) is 22.9. The summed E-state index contributed by atoms with van der Waals surface area (Å²) in [5, 5.41) is 12.2. The van der Waals surface area contributed by atoms with Gasteiger partial charge in [0.25, 0.3) is 0 Å². The number of anilines is 3. The van der Waals surface area contributed by atoms with Crippen molar-refractivity contribution in [3.8, 4) is 0 Å². The summed E-state index contributed by atoms with van der Waals surface area (Å²) in [6.45, 7) is 4.10. The van der Waals surface area contributed by atoms with Gasteiger partial charge in [-0.15, -0.1) is 0 Å². The number of carbonyl (C=O) groups is 1. The third-order valence-electron chi connectivity index (χ3n) is 6.72. The molecule has 4 aromatic rings. The number of ether oxygens (including phenoxy) is 1. The van der Waals surface area contributed by atoms with Gasteiger partial charge in [-0.2, -0.15) is 0 Å². The Morgan fingerprint density at radius 1 is 1.07 bits per heavy atom. The molecule has 0 bridgehead atoms. The van der Waals surface area contributed by atoms with Crippen LogP contribution >= 0.6 is 0 Å². The average molecular weight is 561 g/mol. The van der Waals surface area contributed by atoms with E-state index in [2.05, 4.69) is 15.6 Å². The van der Waals surface area contributed by atoms with Crippen molar-refractivity contribution in [2.45, 2.75) is 37.7 Å². The first-order valence-electron chi connectivity index (χ1n) is 12.8. The first kappa shape index (κ1) is 27.4. The van der Waals surface area contributed by atoms with E-state index in [4.69, 9.17) is 9.88 Å². The van der Waals surface area contributed by atoms with Crippen LogP contribution in [0.15, 0.2) is 83.5 Å². The van der Waals surface area contributed by atoms with Crippen LogP contribution < -0.4 is 15.8 Å². The average Bonchev–Trinajstić information content (AvgIpc) is 2.91. The van der Waals surface area contributed by atoms with Crippen LogP contribution in [0, 0.1) is 6.92 Å². The summed E-state index contributed by atoms with van der Waals surface area (Å²) >= 11 is 0. The number of hydrogen-bond donors (Lipinski definition) is 3. The lowest BCUT2D eigenvalue weighted by Gasteiger charge is -2.22. The van der Waals surface area contributed by atoms with Crippen molar-refractivity contribution in [2.24, 2.45) is 5.14 Å². The smallest absolute Gasteiger partial charge is 0.240 e. The predicted molar refractivity (Wildman–Crippen MR) is 154 cm³/mol. The molecule has 3 aromatic carbocycles. The molecule has 0 radical (unpaired) electrons. The van der Waals surface area contributed by atoms with Crippen LogP contribution in [-0.4, -0.2) is 32.0 Å². The Hall–Kier alpha value is -4.12. The van der Waals surface area contributed by atoms with Crippen LogP contribution in [0.25, 0.3) is 16.5 Å². The number of pyridine rings is 1. The number of aromatic nitrogens is 1. The minimum absolute atomic E-state index is 0.0443. The van der Waals surface area contributed by atoms with Gasteiger partial charge < -0.3 is 15.4 Å². The number of primary sulfonamides is 1. The summed E-state index contributed by atoms with van der Waals surface area (Å²) in [4.78, 5) is 17.1. The molecule has 0 saturated heterocycles. The van der Waals surface area contributed by atoms with Crippen molar-refractivity contribution in [2.75, 3.05) is 17.2 Å². The van der Waals surface area contributed by atoms with Gasteiger partial charge in [0.1, 0.15) is 16.8 Å². The Bertz CT molecular complexity index is 1740.